The molecule has 3 N–H and O–H groups in total. The Bertz CT molecular complexity index is 377. The van der Waals surface area contributed by atoms with E-state index in [9.17, 15) is 9.90 Å². The van der Waals surface area contributed by atoms with Crippen molar-refractivity contribution < 1.29 is 9.90 Å². The molecule has 0 radical (unpaired) electrons. The van der Waals surface area contributed by atoms with Crippen LogP contribution < -0.4 is 5.73 Å². The van der Waals surface area contributed by atoms with Crippen LogP contribution in [0, 0.1) is 6.92 Å². The lowest BCUT2D eigenvalue weighted by Crippen LogP contribution is -2.35. The maximum absolute atomic E-state index is 12.0. The van der Waals surface area contributed by atoms with Gasteiger partial charge in [-0.2, -0.15) is 0 Å². The molecule has 0 spiro atoms. The molecule has 0 bridgehead atoms. The number of aryl methyl sites for hydroxylation is 1. The van der Waals surface area contributed by atoms with Gasteiger partial charge in [0.1, 0.15) is 5.75 Å². The van der Waals surface area contributed by atoms with Crippen molar-refractivity contribution in [2.24, 2.45) is 5.73 Å². The average Bonchev–Trinajstić information content (AvgIpc) is 2.25. The molecule has 0 saturated heterocycles. The fourth-order valence-electron chi connectivity index (χ4n) is 1.55. The topological polar surface area (TPSA) is 66.6 Å². The Kier molecular flexibility index (Phi) is 4.31. The van der Waals surface area contributed by atoms with Crippen molar-refractivity contribution in [2.75, 3.05) is 19.6 Å². The molecule has 0 aliphatic heterocycles. The Labute approximate surface area is 95.7 Å². The van der Waals surface area contributed by atoms with Crippen molar-refractivity contribution in [1.29, 1.82) is 0 Å². The van der Waals surface area contributed by atoms with Crippen LogP contribution in [0.1, 0.15) is 22.8 Å². The molecule has 1 aromatic rings. The average molecular weight is 222 g/mol. The highest BCUT2D eigenvalue weighted by Crippen LogP contribution is 2.20. The number of phenols is 1. The maximum Gasteiger partial charge on any atom is 0.257 e. The number of nitrogens with two attached hydrogens (primary N) is 1. The van der Waals surface area contributed by atoms with Gasteiger partial charge in [0.25, 0.3) is 5.91 Å². The Hall–Kier alpha value is -1.55. The van der Waals surface area contributed by atoms with Crippen molar-refractivity contribution in [2.45, 2.75) is 13.8 Å². The van der Waals surface area contributed by atoms with Gasteiger partial charge in [0, 0.05) is 19.6 Å². The van der Waals surface area contributed by atoms with E-state index in [0.29, 0.717) is 25.2 Å². The molecule has 0 heterocycles. The number of aromatic hydroxyl groups is 1. The fourth-order valence-corrected chi connectivity index (χ4v) is 1.55. The normalized spacial score (nSPS) is 10.2. The molecule has 0 atom stereocenters. The van der Waals surface area contributed by atoms with Gasteiger partial charge in [0.15, 0.2) is 0 Å². The minimum absolute atomic E-state index is 0.0282. The highest BCUT2D eigenvalue weighted by atomic mass is 16.3. The molecule has 4 nitrogen and oxygen atoms in total. The summed E-state index contributed by atoms with van der Waals surface area (Å²) >= 11 is 0. The highest BCUT2D eigenvalue weighted by molar-refractivity contribution is 5.96. The highest BCUT2D eigenvalue weighted by Gasteiger charge is 2.16. The quantitative estimate of drug-likeness (QED) is 0.802. The van der Waals surface area contributed by atoms with Gasteiger partial charge in [-0.1, -0.05) is 6.07 Å². The molecule has 0 aromatic heterocycles. The number of nitrogens with zero attached hydrogens (tertiary/aromatic N) is 1. The Balaban J connectivity index is 2.94. The molecule has 1 rings (SSSR count). The van der Waals surface area contributed by atoms with Crippen molar-refractivity contribution in [3.63, 3.8) is 0 Å². The van der Waals surface area contributed by atoms with Crippen molar-refractivity contribution in [3.05, 3.63) is 29.3 Å². The number of hydrogen-bond donors (Lipinski definition) is 2. The lowest BCUT2D eigenvalue weighted by molar-refractivity contribution is 0.0766. The summed E-state index contributed by atoms with van der Waals surface area (Å²) in [5.74, 6) is -0.147. The van der Waals surface area contributed by atoms with Crippen LogP contribution in [0.15, 0.2) is 18.2 Å². The number of amides is 1. The smallest absolute Gasteiger partial charge is 0.257 e. The van der Waals surface area contributed by atoms with E-state index in [1.165, 1.54) is 0 Å². The first-order chi connectivity index (χ1) is 7.60. The molecule has 1 amide bonds. The van der Waals surface area contributed by atoms with Crippen molar-refractivity contribution >= 4 is 5.91 Å². The summed E-state index contributed by atoms with van der Waals surface area (Å²) in [6.07, 6.45) is 0. The Morgan fingerprint density at radius 3 is 2.69 bits per heavy atom. The molecule has 0 aliphatic rings. The summed E-state index contributed by atoms with van der Waals surface area (Å²) in [6, 6.07) is 5.04. The van der Waals surface area contributed by atoms with Crippen LogP contribution in [-0.4, -0.2) is 35.5 Å². The number of rotatable bonds is 4. The molecule has 0 aliphatic carbocycles. The molecular weight excluding hydrogens is 204 g/mol. The molecule has 1 aromatic carbocycles. The molecule has 0 fully saturated rings. The first-order valence-corrected chi connectivity index (χ1v) is 5.39. The van der Waals surface area contributed by atoms with E-state index < -0.39 is 0 Å². The summed E-state index contributed by atoms with van der Waals surface area (Å²) < 4.78 is 0. The van der Waals surface area contributed by atoms with Crippen molar-refractivity contribution in [3.8, 4) is 5.75 Å². The Morgan fingerprint density at radius 2 is 2.19 bits per heavy atom. The van der Waals surface area contributed by atoms with Crippen LogP contribution in [0.5, 0.6) is 5.75 Å². The predicted octanol–water partition coefficient (Wildman–Crippen LogP) is 1.12. The molecule has 0 saturated carbocycles. The summed E-state index contributed by atoms with van der Waals surface area (Å²) in [7, 11) is 0. The van der Waals surface area contributed by atoms with E-state index >= 15 is 0 Å². The minimum Gasteiger partial charge on any atom is -0.507 e. The van der Waals surface area contributed by atoms with E-state index in [1.807, 2.05) is 19.9 Å². The zero-order valence-corrected chi connectivity index (χ0v) is 9.73. The van der Waals surface area contributed by atoms with Gasteiger partial charge in [0.2, 0.25) is 0 Å². The monoisotopic (exact) mass is 222 g/mol. The third kappa shape index (κ3) is 2.73. The lowest BCUT2D eigenvalue weighted by atomic mass is 10.1. The van der Waals surface area contributed by atoms with E-state index in [4.69, 9.17) is 5.73 Å². The largest absolute Gasteiger partial charge is 0.507 e. The molecular formula is C12H18N2O2. The first-order valence-electron chi connectivity index (χ1n) is 5.39. The van der Waals surface area contributed by atoms with Gasteiger partial charge in [-0.15, -0.1) is 0 Å². The van der Waals surface area contributed by atoms with Crippen LogP contribution >= 0.6 is 0 Å². The number of phenolic OH excluding ortho intramolecular Hbond substituents is 1. The zero-order chi connectivity index (χ0) is 12.1. The number of carbonyl (C=O) groups is 1. The standard InChI is InChI=1S/C12H18N2O2/c1-3-14(7-6-13)12(16)10-5-4-9(2)8-11(10)15/h4-5,8,15H,3,6-7,13H2,1-2H3. The van der Waals surface area contributed by atoms with Gasteiger partial charge in [-0.25, -0.2) is 0 Å². The van der Waals surface area contributed by atoms with Gasteiger partial charge < -0.3 is 15.7 Å². The van der Waals surface area contributed by atoms with Crippen LogP contribution in [-0.2, 0) is 0 Å². The predicted molar refractivity (Wildman–Crippen MR) is 63.5 cm³/mol. The van der Waals surface area contributed by atoms with Crippen LogP contribution in [0.25, 0.3) is 0 Å². The van der Waals surface area contributed by atoms with E-state index in [-0.39, 0.29) is 11.7 Å². The fraction of sp³-hybridized carbons (Fsp3) is 0.417. The van der Waals surface area contributed by atoms with Gasteiger partial charge in [0.05, 0.1) is 5.56 Å². The molecule has 88 valence electrons. The van der Waals surface area contributed by atoms with E-state index in [1.54, 1.807) is 17.0 Å². The number of hydrogen-bond acceptors (Lipinski definition) is 3. The Morgan fingerprint density at radius 1 is 1.50 bits per heavy atom. The van der Waals surface area contributed by atoms with Crippen molar-refractivity contribution in [1.82, 2.24) is 4.90 Å². The zero-order valence-electron chi connectivity index (χ0n) is 9.73. The summed E-state index contributed by atoms with van der Waals surface area (Å²) in [5.41, 5.74) is 6.69. The van der Waals surface area contributed by atoms with E-state index in [2.05, 4.69) is 0 Å². The number of likely N-dealkylation sites (N-methyl/N-ethyl adjacent to an activating group) is 1. The van der Waals surface area contributed by atoms with Crippen LogP contribution in [0.3, 0.4) is 0 Å². The second-order valence-corrected chi connectivity index (χ2v) is 3.69. The minimum atomic E-state index is -0.176. The maximum atomic E-state index is 12.0. The SMILES string of the molecule is CCN(CCN)C(=O)c1ccc(C)cc1O. The summed E-state index contributed by atoms with van der Waals surface area (Å²) in [5, 5.41) is 9.70. The second-order valence-electron chi connectivity index (χ2n) is 3.69. The van der Waals surface area contributed by atoms with E-state index in [0.717, 1.165) is 5.56 Å². The second kappa shape index (κ2) is 5.51. The van der Waals surface area contributed by atoms with Gasteiger partial charge in [-0.3, -0.25) is 4.79 Å². The summed E-state index contributed by atoms with van der Waals surface area (Å²) in [4.78, 5) is 13.6. The lowest BCUT2D eigenvalue weighted by Gasteiger charge is -2.20. The first kappa shape index (κ1) is 12.5. The molecule has 4 heteroatoms. The third-order valence-corrected chi connectivity index (χ3v) is 2.45. The van der Waals surface area contributed by atoms with Crippen LogP contribution in [0.4, 0.5) is 0 Å². The summed E-state index contributed by atoms with van der Waals surface area (Å²) in [6.45, 7) is 5.27. The molecule has 0 unspecified atom stereocenters. The van der Waals surface area contributed by atoms with Gasteiger partial charge >= 0.3 is 0 Å². The molecule has 16 heavy (non-hydrogen) atoms. The van der Waals surface area contributed by atoms with Gasteiger partial charge in [-0.05, 0) is 31.5 Å². The third-order valence-electron chi connectivity index (χ3n) is 2.45. The number of benzene rings is 1. The number of carbonyl (C=O) groups excluding carboxylic acids is 1. The van der Waals surface area contributed by atoms with Crippen LogP contribution in [0.2, 0.25) is 0 Å².